The van der Waals surface area contributed by atoms with Crippen LogP contribution in [0.15, 0.2) is 54.9 Å². The molecule has 166 valence electrons. The Kier molecular flexibility index (Phi) is 5.34. The van der Waals surface area contributed by atoms with Crippen LogP contribution in [0.1, 0.15) is 22.9 Å². The molecule has 0 spiro atoms. The van der Waals surface area contributed by atoms with Crippen molar-refractivity contribution in [2.24, 2.45) is 5.92 Å². The Morgan fingerprint density at radius 1 is 1.18 bits per heavy atom. The van der Waals surface area contributed by atoms with Gasteiger partial charge >= 0.3 is 6.03 Å². The van der Waals surface area contributed by atoms with Crippen molar-refractivity contribution >= 4 is 29.0 Å². The predicted molar refractivity (Wildman–Crippen MR) is 129 cm³/mol. The van der Waals surface area contributed by atoms with Gasteiger partial charge in [-0.3, -0.25) is 15.4 Å². The molecule has 1 unspecified atom stereocenters. The van der Waals surface area contributed by atoms with Crippen molar-refractivity contribution in [3.05, 3.63) is 71.7 Å². The van der Waals surface area contributed by atoms with Crippen LogP contribution in [0.2, 0.25) is 0 Å². The summed E-state index contributed by atoms with van der Waals surface area (Å²) < 4.78 is 2.04. The molecule has 8 heteroatoms. The fraction of sp³-hybridized carbons (Fsp3) is 0.240. The van der Waals surface area contributed by atoms with E-state index < -0.39 is 0 Å². The number of pyridine rings is 2. The molecule has 0 radical (unpaired) electrons. The second-order valence-corrected chi connectivity index (χ2v) is 8.63. The normalized spacial score (nSPS) is 16.9. The molecule has 1 aliphatic rings. The fourth-order valence-corrected chi connectivity index (χ4v) is 4.52. The molecule has 1 aliphatic carbocycles. The quantitative estimate of drug-likeness (QED) is 0.333. The van der Waals surface area contributed by atoms with Crippen molar-refractivity contribution in [1.82, 2.24) is 25.5 Å². The maximum atomic E-state index is 12.9. The van der Waals surface area contributed by atoms with Gasteiger partial charge in [0.2, 0.25) is 0 Å². The molecule has 1 aromatic carbocycles. The Balaban J connectivity index is 1.35. The Morgan fingerprint density at radius 2 is 2.03 bits per heavy atom. The largest absolute Gasteiger partial charge is 0.330 e. The number of rotatable bonds is 4. The van der Waals surface area contributed by atoms with Crippen LogP contribution in [0.5, 0.6) is 0 Å². The number of H-pyrrole nitrogens is 1. The van der Waals surface area contributed by atoms with Crippen LogP contribution in [-0.4, -0.2) is 51.1 Å². The first kappa shape index (κ1) is 20.8. The number of aromatic nitrogens is 4. The standard InChI is InChI=1S/C25H25N7O/c1-15-10-17(8-9-26-15)24-20-13-27-22(12-21(20)30-31-24)28-25(33)29-23-18(14-32(2)3)11-16-6-4-5-7-19(16)23/h4-10,12-14,18,23H,11H2,1-3H3,(H2-,26,27,28,29,30,31,33)/p+1/t18?,23-/m0/s1. The Labute approximate surface area is 191 Å². The van der Waals surface area contributed by atoms with Crippen LogP contribution < -0.4 is 10.6 Å². The van der Waals surface area contributed by atoms with E-state index in [4.69, 9.17) is 0 Å². The molecule has 0 bridgehead atoms. The average Bonchev–Trinajstić information content (AvgIpc) is 3.34. The SMILES string of the molecule is Cc1cc(-c2n[nH]c3cc(NC(=O)N[C@@H]4c5ccccc5CC4C=[N+](C)C)ncc23)ccn1. The van der Waals surface area contributed by atoms with Gasteiger partial charge in [0.15, 0.2) is 0 Å². The first-order valence-corrected chi connectivity index (χ1v) is 10.9. The molecule has 8 nitrogen and oxygen atoms in total. The minimum Gasteiger partial charge on any atom is -0.330 e. The fourth-order valence-electron chi connectivity index (χ4n) is 4.52. The first-order chi connectivity index (χ1) is 16.0. The second kappa shape index (κ2) is 8.46. The lowest BCUT2D eigenvalue weighted by atomic mass is 10.0. The lowest BCUT2D eigenvalue weighted by Gasteiger charge is -2.18. The monoisotopic (exact) mass is 440 g/mol. The minimum atomic E-state index is -0.287. The van der Waals surface area contributed by atoms with E-state index in [2.05, 4.69) is 49.1 Å². The van der Waals surface area contributed by atoms with E-state index in [1.54, 1.807) is 18.5 Å². The van der Waals surface area contributed by atoms with Crippen molar-refractivity contribution in [2.45, 2.75) is 19.4 Å². The topological polar surface area (TPSA) is 98.6 Å². The van der Waals surface area contributed by atoms with Crippen molar-refractivity contribution < 1.29 is 9.37 Å². The third-order valence-electron chi connectivity index (χ3n) is 5.91. The number of aromatic amines is 1. The highest BCUT2D eigenvalue weighted by atomic mass is 16.2. The number of nitrogens with one attached hydrogen (secondary N) is 3. The summed E-state index contributed by atoms with van der Waals surface area (Å²) in [7, 11) is 4.01. The molecule has 3 aromatic heterocycles. The van der Waals surface area contributed by atoms with Crippen LogP contribution in [-0.2, 0) is 6.42 Å². The summed E-state index contributed by atoms with van der Waals surface area (Å²) in [6.45, 7) is 1.95. The molecule has 4 aromatic rings. The number of aryl methyl sites for hydroxylation is 1. The molecule has 2 amide bonds. The van der Waals surface area contributed by atoms with Crippen molar-refractivity contribution in [3.63, 3.8) is 0 Å². The third kappa shape index (κ3) is 4.19. The Morgan fingerprint density at radius 3 is 2.85 bits per heavy atom. The molecule has 5 rings (SSSR count). The Bertz CT molecular complexity index is 1370. The number of fused-ring (bicyclic) bond motifs is 2. The number of urea groups is 1. The molecule has 33 heavy (non-hydrogen) atoms. The summed E-state index contributed by atoms with van der Waals surface area (Å²) in [4.78, 5) is 21.6. The van der Waals surface area contributed by atoms with E-state index in [9.17, 15) is 4.79 Å². The lowest BCUT2D eigenvalue weighted by Crippen LogP contribution is -2.36. The summed E-state index contributed by atoms with van der Waals surface area (Å²) in [6.07, 6.45) is 6.55. The van der Waals surface area contributed by atoms with E-state index in [0.717, 1.165) is 39.8 Å². The van der Waals surface area contributed by atoms with Crippen molar-refractivity contribution in [1.29, 1.82) is 0 Å². The third-order valence-corrected chi connectivity index (χ3v) is 5.91. The number of amides is 2. The van der Waals surface area contributed by atoms with Gasteiger partial charge in [0.05, 0.1) is 17.5 Å². The molecule has 0 saturated carbocycles. The van der Waals surface area contributed by atoms with Crippen LogP contribution in [0, 0.1) is 12.8 Å². The highest BCUT2D eigenvalue weighted by Crippen LogP contribution is 2.35. The zero-order chi connectivity index (χ0) is 22.9. The van der Waals surface area contributed by atoms with Crippen molar-refractivity contribution in [2.75, 3.05) is 19.4 Å². The number of hydrogen-bond acceptors (Lipinski definition) is 4. The van der Waals surface area contributed by atoms with Crippen LogP contribution >= 0.6 is 0 Å². The van der Waals surface area contributed by atoms with Crippen LogP contribution in [0.25, 0.3) is 22.2 Å². The number of hydrogen-bond donors (Lipinski definition) is 3. The number of anilines is 1. The summed E-state index contributed by atoms with van der Waals surface area (Å²) >= 11 is 0. The van der Waals surface area contributed by atoms with E-state index in [0.29, 0.717) is 5.82 Å². The van der Waals surface area contributed by atoms with Gasteiger partial charge in [-0.15, -0.1) is 0 Å². The van der Waals surface area contributed by atoms with E-state index >= 15 is 0 Å². The summed E-state index contributed by atoms with van der Waals surface area (Å²) in [5.74, 6) is 0.651. The van der Waals surface area contributed by atoms with Gasteiger partial charge in [-0.2, -0.15) is 5.10 Å². The molecule has 3 heterocycles. The first-order valence-electron chi connectivity index (χ1n) is 10.9. The average molecular weight is 441 g/mol. The van der Waals surface area contributed by atoms with E-state index in [-0.39, 0.29) is 18.0 Å². The van der Waals surface area contributed by atoms with Gasteiger partial charge in [-0.1, -0.05) is 24.3 Å². The smallest absolute Gasteiger partial charge is 0.320 e. The van der Waals surface area contributed by atoms with Gasteiger partial charge in [0.1, 0.15) is 31.8 Å². The van der Waals surface area contributed by atoms with E-state index in [1.807, 2.05) is 49.9 Å². The number of carbonyl (C=O) groups excluding carboxylic acids is 1. The minimum absolute atomic E-state index is 0.0963. The summed E-state index contributed by atoms with van der Waals surface area (Å²) in [5, 5.41) is 14.4. The zero-order valence-electron chi connectivity index (χ0n) is 18.8. The highest BCUT2D eigenvalue weighted by molar-refractivity contribution is 5.96. The molecule has 0 aliphatic heterocycles. The summed E-state index contributed by atoms with van der Waals surface area (Å²) in [5.41, 5.74) is 5.92. The lowest BCUT2D eigenvalue weighted by molar-refractivity contribution is -0.461. The van der Waals surface area contributed by atoms with Gasteiger partial charge in [-0.05, 0) is 36.6 Å². The van der Waals surface area contributed by atoms with Crippen LogP contribution in [0.4, 0.5) is 10.6 Å². The van der Waals surface area contributed by atoms with Gasteiger partial charge < -0.3 is 5.32 Å². The number of nitrogens with zero attached hydrogens (tertiary/aromatic N) is 4. The molecule has 0 saturated heterocycles. The zero-order valence-corrected chi connectivity index (χ0v) is 18.8. The highest BCUT2D eigenvalue weighted by Gasteiger charge is 2.34. The van der Waals surface area contributed by atoms with Crippen LogP contribution in [0.3, 0.4) is 0 Å². The molecule has 2 atom stereocenters. The van der Waals surface area contributed by atoms with Gasteiger partial charge in [0, 0.05) is 35.1 Å². The number of benzene rings is 1. The summed E-state index contributed by atoms with van der Waals surface area (Å²) in [6, 6.07) is 13.6. The maximum Gasteiger partial charge on any atom is 0.320 e. The van der Waals surface area contributed by atoms with E-state index in [1.165, 1.54) is 5.56 Å². The predicted octanol–water partition coefficient (Wildman–Crippen LogP) is 3.71. The molecular formula is C25H26N7O+. The van der Waals surface area contributed by atoms with Crippen molar-refractivity contribution in [3.8, 4) is 11.3 Å². The number of carbonyl (C=O) groups is 1. The molecule has 0 fully saturated rings. The molecular weight excluding hydrogens is 414 g/mol. The Hall–Kier alpha value is -4.07. The molecule has 3 N–H and O–H groups in total. The second-order valence-electron chi connectivity index (χ2n) is 8.63. The van der Waals surface area contributed by atoms with Gasteiger partial charge in [0.25, 0.3) is 0 Å². The maximum absolute atomic E-state index is 12.9. The van der Waals surface area contributed by atoms with Gasteiger partial charge in [-0.25, -0.2) is 14.4 Å².